The van der Waals surface area contributed by atoms with E-state index in [4.69, 9.17) is 18.9 Å². The molecule has 4 atom stereocenters. The monoisotopic (exact) mass is 357 g/mol. The van der Waals surface area contributed by atoms with E-state index in [0.29, 0.717) is 0 Å². The first-order valence-corrected chi connectivity index (χ1v) is 8.18. The lowest BCUT2D eigenvalue weighted by atomic mass is 9.93. The molecule has 0 saturated carbocycles. The lowest BCUT2D eigenvalue weighted by molar-refractivity contribution is -0.280. The highest BCUT2D eigenvalue weighted by molar-refractivity contribution is 5.79. The molecule has 9 nitrogen and oxygen atoms in total. The van der Waals surface area contributed by atoms with Crippen LogP contribution in [-0.2, 0) is 38.1 Å². The topological polar surface area (TPSA) is 108 Å². The van der Waals surface area contributed by atoms with Crippen LogP contribution in [0.3, 0.4) is 0 Å². The lowest BCUT2D eigenvalue weighted by Crippen LogP contribution is -2.62. The number of ether oxygens (including phenoxy) is 4. The van der Waals surface area contributed by atoms with Crippen LogP contribution in [0.15, 0.2) is 0 Å². The van der Waals surface area contributed by atoms with Crippen molar-refractivity contribution >= 4 is 23.8 Å². The van der Waals surface area contributed by atoms with Gasteiger partial charge in [0.2, 0.25) is 5.91 Å². The number of carbonyl (C=O) groups excluding carboxylic acids is 4. The Morgan fingerprint density at radius 3 is 2.28 bits per heavy atom. The Morgan fingerprint density at radius 1 is 1.12 bits per heavy atom. The van der Waals surface area contributed by atoms with Crippen molar-refractivity contribution in [3.63, 3.8) is 0 Å². The van der Waals surface area contributed by atoms with Crippen LogP contribution in [0, 0.1) is 0 Å². The van der Waals surface area contributed by atoms with Gasteiger partial charge in [-0.25, -0.2) is 0 Å². The maximum absolute atomic E-state index is 12.4. The second-order valence-electron chi connectivity index (χ2n) is 6.02. The summed E-state index contributed by atoms with van der Waals surface area (Å²) in [6.45, 7) is 5.48. The summed E-state index contributed by atoms with van der Waals surface area (Å²) in [5.74, 6) is -3.71. The number of hydrogen-bond donors (Lipinski definition) is 0. The second-order valence-corrected chi connectivity index (χ2v) is 6.02. The number of esters is 3. The van der Waals surface area contributed by atoms with Gasteiger partial charge in [0, 0.05) is 33.8 Å². The van der Waals surface area contributed by atoms with Gasteiger partial charge in [-0.3, -0.25) is 19.2 Å². The Morgan fingerprint density at radius 2 is 1.76 bits per heavy atom. The molecule has 9 heteroatoms. The zero-order valence-corrected chi connectivity index (χ0v) is 14.8. The molecule has 0 aliphatic carbocycles. The van der Waals surface area contributed by atoms with Gasteiger partial charge in [0.05, 0.1) is 6.54 Å². The molecule has 0 aromatic carbocycles. The van der Waals surface area contributed by atoms with Crippen molar-refractivity contribution in [2.24, 2.45) is 0 Å². The number of nitrogens with zero attached hydrogens (tertiary/aromatic N) is 1. The first-order valence-electron chi connectivity index (χ1n) is 8.18. The number of amides is 1. The van der Waals surface area contributed by atoms with E-state index in [-0.39, 0.29) is 31.9 Å². The SMILES string of the molecule is CCO[C@@]1(OC(C)=O)[C@H](OC(C)=O)CN2C(=O)CC[C@@H](OC(C)=O)[C@@H]21. The van der Waals surface area contributed by atoms with Crippen molar-refractivity contribution in [1.29, 1.82) is 0 Å². The van der Waals surface area contributed by atoms with Crippen LogP contribution < -0.4 is 0 Å². The summed E-state index contributed by atoms with van der Waals surface area (Å²) in [6.07, 6.45) is -1.31. The van der Waals surface area contributed by atoms with E-state index in [1.54, 1.807) is 6.92 Å². The highest BCUT2D eigenvalue weighted by Crippen LogP contribution is 2.42. The fraction of sp³-hybridized carbons (Fsp3) is 0.750. The fourth-order valence-electron chi connectivity index (χ4n) is 3.55. The maximum Gasteiger partial charge on any atom is 0.305 e. The Kier molecular flexibility index (Phi) is 5.66. The van der Waals surface area contributed by atoms with Crippen molar-refractivity contribution in [2.45, 2.75) is 64.6 Å². The molecule has 1 amide bonds. The van der Waals surface area contributed by atoms with E-state index in [2.05, 4.69) is 0 Å². The number of rotatable bonds is 5. The maximum atomic E-state index is 12.4. The van der Waals surface area contributed by atoms with Gasteiger partial charge in [-0.15, -0.1) is 0 Å². The van der Waals surface area contributed by atoms with Crippen LogP contribution in [0.25, 0.3) is 0 Å². The molecule has 2 saturated heterocycles. The Labute approximate surface area is 145 Å². The second kappa shape index (κ2) is 7.38. The smallest absolute Gasteiger partial charge is 0.305 e. The zero-order valence-electron chi connectivity index (χ0n) is 14.8. The van der Waals surface area contributed by atoms with Crippen molar-refractivity contribution in [3.05, 3.63) is 0 Å². The van der Waals surface area contributed by atoms with E-state index in [9.17, 15) is 19.2 Å². The normalized spacial score (nSPS) is 31.3. The van der Waals surface area contributed by atoms with E-state index in [1.807, 2.05) is 0 Å². The molecule has 2 aliphatic heterocycles. The van der Waals surface area contributed by atoms with Gasteiger partial charge in [0.25, 0.3) is 5.79 Å². The molecule has 2 fully saturated rings. The van der Waals surface area contributed by atoms with Crippen LogP contribution >= 0.6 is 0 Å². The standard InChI is InChI=1S/C16H23NO8/c1-5-22-16(25-11(4)20)13(24-10(3)19)8-17-14(21)7-6-12(15(16)17)23-9(2)18/h12-13,15H,5-8H2,1-4H3/t12-,13-,15-,16-/m1/s1. The van der Waals surface area contributed by atoms with E-state index < -0.39 is 41.9 Å². The average molecular weight is 357 g/mol. The van der Waals surface area contributed by atoms with Crippen molar-refractivity contribution < 1.29 is 38.1 Å². The first-order chi connectivity index (χ1) is 11.7. The molecular formula is C16H23NO8. The van der Waals surface area contributed by atoms with Gasteiger partial charge < -0.3 is 23.8 Å². The predicted molar refractivity (Wildman–Crippen MR) is 82.0 cm³/mol. The van der Waals surface area contributed by atoms with Crippen LogP contribution in [0.2, 0.25) is 0 Å². The Hall–Kier alpha value is -2.16. The van der Waals surface area contributed by atoms with Crippen LogP contribution in [0.4, 0.5) is 0 Å². The number of piperidine rings is 1. The van der Waals surface area contributed by atoms with Gasteiger partial charge in [0.1, 0.15) is 12.1 Å². The van der Waals surface area contributed by atoms with E-state index in [1.165, 1.54) is 25.7 Å². The molecule has 25 heavy (non-hydrogen) atoms. The molecule has 0 N–H and O–H groups in total. The Balaban J connectivity index is 2.50. The summed E-state index contributed by atoms with van der Waals surface area (Å²) in [5.41, 5.74) is 0. The number of hydrogen-bond acceptors (Lipinski definition) is 8. The zero-order chi connectivity index (χ0) is 18.8. The molecule has 2 heterocycles. The molecule has 140 valence electrons. The molecule has 0 aromatic rings. The molecule has 2 aliphatic rings. The largest absolute Gasteiger partial charge is 0.460 e. The predicted octanol–water partition coefficient (Wildman–Crippen LogP) is 0.150. The average Bonchev–Trinajstić information content (AvgIpc) is 2.76. The van der Waals surface area contributed by atoms with Crippen molar-refractivity contribution in [2.75, 3.05) is 13.2 Å². The van der Waals surface area contributed by atoms with Crippen molar-refractivity contribution in [1.82, 2.24) is 4.90 Å². The molecule has 0 bridgehead atoms. The minimum absolute atomic E-state index is 0.00583. The summed E-state index contributed by atoms with van der Waals surface area (Å²) in [5, 5.41) is 0. The van der Waals surface area contributed by atoms with Gasteiger partial charge in [-0.05, 0) is 13.3 Å². The number of carbonyl (C=O) groups is 4. The molecule has 0 unspecified atom stereocenters. The summed E-state index contributed by atoms with van der Waals surface area (Å²) in [6, 6.07) is -0.883. The minimum Gasteiger partial charge on any atom is -0.460 e. The third-order valence-electron chi connectivity index (χ3n) is 4.17. The quantitative estimate of drug-likeness (QED) is 0.389. The third kappa shape index (κ3) is 3.76. The lowest BCUT2D eigenvalue weighted by Gasteiger charge is -2.43. The van der Waals surface area contributed by atoms with E-state index >= 15 is 0 Å². The number of fused-ring (bicyclic) bond motifs is 1. The summed E-state index contributed by atoms with van der Waals surface area (Å²) < 4.78 is 21.8. The van der Waals surface area contributed by atoms with E-state index in [0.717, 1.165) is 0 Å². The van der Waals surface area contributed by atoms with Gasteiger partial charge in [0.15, 0.2) is 6.10 Å². The first kappa shape index (κ1) is 19.2. The van der Waals surface area contributed by atoms with Gasteiger partial charge >= 0.3 is 17.9 Å². The minimum atomic E-state index is -1.72. The van der Waals surface area contributed by atoms with Gasteiger partial charge in [-0.1, -0.05) is 0 Å². The highest BCUT2D eigenvalue weighted by Gasteiger charge is 2.66. The Bertz CT molecular complexity index is 576. The van der Waals surface area contributed by atoms with Crippen LogP contribution in [0.5, 0.6) is 0 Å². The van der Waals surface area contributed by atoms with Crippen LogP contribution in [-0.4, -0.2) is 65.9 Å². The summed E-state index contributed by atoms with van der Waals surface area (Å²) in [4.78, 5) is 48.5. The molecule has 2 rings (SSSR count). The molecule has 0 aromatic heterocycles. The van der Waals surface area contributed by atoms with Crippen molar-refractivity contribution in [3.8, 4) is 0 Å². The van der Waals surface area contributed by atoms with Gasteiger partial charge in [-0.2, -0.15) is 0 Å². The molecular weight excluding hydrogens is 334 g/mol. The summed E-state index contributed by atoms with van der Waals surface area (Å²) in [7, 11) is 0. The fourth-order valence-corrected chi connectivity index (χ4v) is 3.55. The highest BCUT2D eigenvalue weighted by atomic mass is 16.7. The summed E-state index contributed by atoms with van der Waals surface area (Å²) >= 11 is 0. The molecule has 0 spiro atoms. The third-order valence-corrected chi connectivity index (χ3v) is 4.17. The van der Waals surface area contributed by atoms with Crippen LogP contribution in [0.1, 0.15) is 40.5 Å². The molecule has 0 radical (unpaired) electrons.